The number of piperidine rings is 1. The van der Waals surface area contributed by atoms with E-state index in [-0.39, 0.29) is 5.92 Å². The van der Waals surface area contributed by atoms with E-state index in [4.69, 9.17) is 0 Å². The number of pyridine rings is 1. The van der Waals surface area contributed by atoms with Gasteiger partial charge in [-0.1, -0.05) is 30.3 Å². The second-order valence-corrected chi connectivity index (χ2v) is 7.20. The number of carbonyl (C=O) groups is 1. The summed E-state index contributed by atoms with van der Waals surface area (Å²) in [7, 11) is 0. The molecule has 4 rings (SSSR count). The van der Waals surface area contributed by atoms with Crippen molar-refractivity contribution in [3.8, 4) is 11.3 Å². The van der Waals surface area contributed by atoms with E-state index >= 15 is 0 Å². The van der Waals surface area contributed by atoms with Crippen molar-refractivity contribution in [1.29, 1.82) is 0 Å². The fourth-order valence-corrected chi connectivity index (χ4v) is 3.68. The maximum Gasteiger partial charge on any atom is 0.167 e. The first-order valence-corrected chi connectivity index (χ1v) is 9.07. The Morgan fingerprint density at radius 1 is 1.08 bits per heavy atom. The average Bonchev–Trinajstić information content (AvgIpc) is 3.46. The topological polar surface area (TPSA) is 33.2 Å². The maximum atomic E-state index is 12.9. The zero-order valence-electron chi connectivity index (χ0n) is 14.0. The van der Waals surface area contributed by atoms with Crippen LogP contribution in [-0.4, -0.2) is 35.3 Å². The smallest absolute Gasteiger partial charge is 0.167 e. The summed E-state index contributed by atoms with van der Waals surface area (Å²) in [5.41, 5.74) is 2.85. The van der Waals surface area contributed by atoms with Crippen LogP contribution in [0.3, 0.4) is 0 Å². The van der Waals surface area contributed by atoms with Crippen LogP contribution in [0.5, 0.6) is 0 Å². The van der Waals surface area contributed by atoms with Crippen molar-refractivity contribution in [2.45, 2.75) is 25.7 Å². The largest absolute Gasteiger partial charge is 0.302 e. The molecule has 1 saturated carbocycles. The minimum Gasteiger partial charge on any atom is -0.302 e. The zero-order chi connectivity index (χ0) is 16.4. The Morgan fingerprint density at radius 3 is 2.62 bits per heavy atom. The molecule has 2 heterocycles. The molecule has 1 aliphatic heterocycles. The third kappa shape index (κ3) is 3.57. The summed E-state index contributed by atoms with van der Waals surface area (Å²) >= 11 is 0. The number of carbonyl (C=O) groups excluding carboxylic acids is 1. The first kappa shape index (κ1) is 15.5. The van der Waals surface area contributed by atoms with Gasteiger partial charge in [0.1, 0.15) is 0 Å². The lowest BCUT2D eigenvalue weighted by atomic mass is 9.89. The van der Waals surface area contributed by atoms with Crippen LogP contribution in [0.1, 0.15) is 36.0 Å². The number of likely N-dealkylation sites (tertiary alicyclic amines) is 1. The molecule has 0 bridgehead atoms. The normalized spacial score (nSPS) is 21.6. The van der Waals surface area contributed by atoms with Crippen LogP contribution in [-0.2, 0) is 0 Å². The Labute approximate surface area is 143 Å². The van der Waals surface area contributed by atoms with Crippen molar-refractivity contribution in [1.82, 2.24) is 9.88 Å². The standard InChI is InChI=1S/C21H24N2O/c24-21(19-4-3-13-23(15-19)14-16-6-7-16)18-10-8-17(9-11-18)20-5-1-2-12-22-20/h1-2,5,8-12,16,19H,3-4,6-7,13-15H2. The lowest BCUT2D eigenvalue weighted by Gasteiger charge is -2.32. The van der Waals surface area contributed by atoms with Crippen molar-refractivity contribution >= 4 is 5.78 Å². The quantitative estimate of drug-likeness (QED) is 0.779. The summed E-state index contributed by atoms with van der Waals surface area (Å²) in [6, 6.07) is 13.8. The second-order valence-electron chi connectivity index (χ2n) is 7.20. The highest BCUT2D eigenvalue weighted by Crippen LogP contribution is 2.31. The van der Waals surface area contributed by atoms with Gasteiger partial charge in [0.2, 0.25) is 0 Å². The molecule has 3 heteroatoms. The number of aromatic nitrogens is 1. The second kappa shape index (κ2) is 6.86. The Morgan fingerprint density at radius 2 is 1.92 bits per heavy atom. The fourth-order valence-electron chi connectivity index (χ4n) is 3.68. The Balaban J connectivity index is 1.43. The van der Waals surface area contributed by atoms with E-state index in [0.717, 1.165) is 42.1 Å². The molecule has 1 aromatic heterocycles. The van der Waals surface area contributed by atoms with E-state index in [0.29, 0.717) is 5.78 Å². The zero-order valence-corrected chi connectivity index (χ0v) is 14.0. The predicted octanol–water partition coefficient (Wildman–Crippen LogP) is 4.05. The van der Waals surface area contributed by atoms with Crippen LogP contribution >= 0.6 is 0 Å². The molecule has 2 aromatic rings. The van der Waals surface area contributed by atoms with Crippen molar-refractivity contribution in [2.24, 2.45) is 11.8 Å². The Bertz CT molecular complexity index is 692. The van der Waals surface area contributed by atoms with Crippen molar-refractivity contribution in [3.05, 3.63) is 54.2 Å². The molecule has 0 radical (unpaired) electrons. The lowest BCUT2D eigenvalue weighted by Crippen LogP contribution is -2.39. The third-order valence-corrected chi connectivity index (χ3v) is 5.22. The Hall–Kier alpha value is -2.00. The molecule has 0 N–H and O–H groups in total. The molecule has 124 valence electrons. The average molecular weight is 320 g/mol. The minimum absolute atomic E-state index is 0.165. The first-order valence-electron chi connectivity index (χ1n) is 9.07. The van der Waals surface area contributed by atoms with E-state index in [1.54, 1.807) is 6.20 Å². The van der Waals surface area contributed by atoms with E-state index in [2.05, 4.69) is 9.88 Å². The molecule has 2 fully saturated rings. The van der Waals surface area contributed by atoms with E-state index in [9.17, 15) is 4.79 Å². The minimum atomic E-state index is 0.165. The lowest BCUT2D eigenvalue weighted by molar-refractivity contribution is 0.0814. The monoisotopic (exact) mass is 320 g/mol. The van der Waals surface area contributed by atoms with Gasteiger partial charge in [0, 0.05) is 36.3 Å². The van der Waals surface area contributed by atoms with E-state index in [1.165, 1.54) is 25.9 Å². The van der Waals surface area contributed by atoms with E-state index in [1.807, 2.05) is 42.5 Å². The SMILES string of the molecule is O=C(c1ccc(-c2ccccn2)cc1)C1CCCN(CC2CC2)C1. The predicted molar refractivity (Wildman–Crippen MR) is 95.9 cm³/mol. The third-order valence-electron chi connectivity index (χ3n) is 5.22. The summed E-state index contributed by atoms with van der Waals surface area (Å²) in [5, 5.41) is 0. The Kier molecular flexibility index (Phi) is 4.44. The van der Waals surface area contributed by atoms with Gasteiger partial charge in [-0.3, -0.25) is 9.78 Å². The van der Waals surface area contributed by atoms with Gasteiger partial charge in [0.05, 0.1) is 5.69 Å². The summed E-state index contributed by atoms with van der Waals surface area (Å²) in [5.74, 6) is 1.37. The maximum absolute atomic E-state index is 12.9. The van der Waals surface area contributed by atoms with Crippen LogP contribution in [0, 0.1) is 11.8 Å². The van der Waals surface area contributed by atoms with Crippen molar-refractivity contribution in [2.75, 3.05) is 19.6 Å². The molecule has 1 atom stereocenters. The highest BCUT2D eigenvalue weighted by atomic mass is 16.1. The molecular weight excluding hydrogens is 296 g/mol. The number of hydrogen-bond donors (Lipinski definition) is 0. The van der Waals surface area contributed by atoms with Gasteiger partial charge in [0.15, 0.2) is 5.78 Å². The highest BCUT2D eigenvalue weighted by molar-refractivity contribution is 5.98. The van der Waals surface area contributed by atoms with Crippen LogP contribution in [0.4, 0.5) is 0 Å². The molecule has 1 saturated heterocycles. The molecule has 0 amide bonds. The summed E-state index contributed by atoms with van der Waals surface area (Å²) in [6.07, 6.45) is 6.73. The highest BCUT2D eigenvalue weighted by Gasteiger charge is 2.30. The number of hydrogen-bond acceptors (Lipinski definition) is 3. The number of Topliss-reactive ketones (excluding diaryl/α,β-unsaturated/α-hetero) is 1. The molecule has 3 nitrogen and oxygen atoms in total. The van der Waals surface area contributed by atoms with Crippen LogP contribution in [0.15, 0.2) is 48.7 Å². The van der Waals surface area contributed by atoms with E-state index < -0.39 is 0 Å². The van der Waals surface area contributed by atoms with Crippen molar-refractivity contribution in [3.63, 3.8) is 0 Å². The summed E-state index contributed by atoms with van der Waals surface area (Å²) in [6.45, 7) is 3.30. The van der Waals surface area contributed by atoms with Crippen molar-refractivity contribution < 1.29 is 4.79 Å². The van der Waals surface area contributed by atoms with Gasteiger partial charge in [-0.15, -0.1) is 0 Å². The fraction of sp³-hybridized carbons (Fsp3) is 0.429. The first-order chi connectivity index (χ1) is 11.8. The van der Waals surface area contributed by atoms with Crippen LogP contribution < -0.4 is 0 Å². The van der Waals surface area contributed by atoms with Gasteiger partial charge < -0.3 is 4.90 Å². The molecule has 0 spiro atoms. The summed E-state index contributed by atoms with van der Waals surface area (Å²) < 4.78 is 0. The number of rotatable bonds is 5. The molecule has 1 unspecified atom stereocenters. The van der Waals surface area contributed by atoms with Gasteiger partial charge in [-0.05, 0) is 50.3 Å². The number of benzene rings is 1. The molecule has 24 heavy (non-hydrogen) atoms. The van der Waals surface area contributed by atoms with Gasteiger partial charge in [-0.25, -0.2) is 0 Å². The molecule has 2 aliphatic rings. The number of ketones is 1. The van der Waals surface area contributed by atoms with Crippen LogP contribution in [0.2, 0.25) is 0 Å². The number of nitrogens with zero attached hydrogens (tertiary/aromatic N) is 2. The molecule has 1 aromatic carbocycles. The molecule has 1 aliphatic carbocycles. The summed E-state index contributed by atoms with van der Waals surface area (Å²) in [4.78, 5) is 19.7. The van der Waals surface area contributed by atoms with Gasteiger partial charge >= 0.3 is 0 Å². The molecular formula is C21H24N2O. The van der Waals surface area contributed by atoms with Gasteiger partial charge in [0.25, 0.3) is 0 Å². The van der Waals surface area contributed by atoms with Crippen LogP contribution in [0.25, 0.3) is 11.3 Å². The van der Waals surface area contributed by atoms with Gasteiger partial charge in [-0.2, -0.15) is 0 Å².